The molecule has 1 aromatic rings. The molecule has 25 heavy (non-hydrogen) atoms. The molecule has 1 aliphatic rings. The van der Waals surface area contributed by atoms with Crippen LogP contribution in [-0.4, -0.2) is 32.5 Å². The van der Waals surface area contributed by atoms with Crippen molar-refractivity contribution in [2.75, 3.05) is 11.9 Å². The first-order valence-corrected chi connectivity index (χ1v) is 9.22. The van der Waals surface area contributed by atoms with E-state index in [2.05, 4.69) is 10.6 Å². The van der Waals surface area contributed by atoms with Gasteiger partial charge in [-0.25, -0.2) is 8.42 Å². The van der Waals surface area contributed by atoms with Crippen LogP contribution in [0, 0.1) is 5.92 Å². The molecule has 0 aromatic heterocycles. The van der Waals surface area contributed by atoms with Gasteiger partial charge in [-0.05, 0) is 37.3 Å². The minimum Gasteiger partial charge on any atom is -0.348 e. The Morgan fingerprint density at radius 1 is 1.16 bits per heavy atom. The molecule has 0 heterocycles. The lowest BCUT2D eigenvalue weighted by molar-refractivity contribution is -0.136. The van der Waals surface area contributed by atoms with Gasteiger partial charge in [-0.1, -0.05) is 24.3 Å². The average Bonchev–Trinajstić information content (AvgIpc) is 2.60. The third kappa shape index (κ3) is 4.85. The highest BCUT2D eigenvalue weighted by molar-refractivity contribution is 7.91. The molecule has 0 saturated carbocycles. The molecule has 1 atom stereocenters. The van der Waals surface area contributed by atoms with Gasteiger partial charge in [0.25, 0.3) is 0 Å². The molecule has 1 aliphatic carbocycles. The second kappa shape index (κ2) is 8.19. The number of hydrogen-bond donors (Lipinski definition) is 2. The summed E-state index contributed by atoms with van der Waals surface area (Å²) in [7, 11) is -4.90. The number of sulfone groups is 1. The average molecular weight is 372 g/mol. The van der Waals surface area contributed by atoms with Crippen LogP contribution in [0.4, 0.5) is 14.5 Å². The lowest BCUT2D eigenvalue weighted by Gasteiger charge is -2.18. The van der Waals surface area contributed by atoms with Crippen molar-refractivity contribution in [1.82, 2.24) is 5.32 Å². The van der Waals surface area contributed by atoms with Gasteiger partial charge in [0, 0.05) is 6.54 Å². The minimum absolute atomic E-state index is 0.230. The zero-order valence-corrected chi connectivity index (χ0v) is 14.1. The van der Waals surface area contributed by atoms with Crippen LogP contribution in [0.3, 0.4) is 0 Å². The summed E-state index contributed by atoms with van der Waals surface area (Å²) in [5.41, 5.74) is -0.358. The number of carbonyl (C=O) groups is 2. The van der Waals surface area contributed by atoms with Gasteiger partial charge in [0.1, 0.15) is 0 Å². The molecular formula is C16H18F2N2O4S. The molecule has 2 amide bonds. The van der Waals surface area contributed by atoms with Gasteiger partial charge in [0.05, 0.1) is 10.6 Å². The first-order valence-electron chi connectivity index (χ1n) is 7.67. The van der Waals surface area contributed by atoms with Crippen molar-refractivity contribution in [3.05, 3.63) is 36.4 Å². The second-order valence-corrected chi connectivity index (χ2v) is 7.50. The third-order valence-electron chi connectivity index (χ3n) is 3.81. The summed E-state index contributed by atoms with van der Waals surface area (Å²) in [6.45, 7) is 0.313. The summed E-state index contributed by atoms with van der Waals surface area (Å²) < 4.78 is 48.7. The van der Waals surface area contributed by atoms with Gasteiger partial charge in [-0.3, -0.25) is 9.59 Å². The first-order chi connectivity index (χ1) is 11.8. The normalized spacial score (nSPS) is 17.3. The van der Waals surface area contributed by atoms with Crippen LogP contribution in [0.2, 0.25) is 0 Å². The van der Waals surface area contributed by atoms with Crippen molar-refractivity contribution in [3.63, 3.8) is 0 Å². The standard InChI is InChI=1S/C16H18F2N2O4S/c17-16(18)25(23,24)13-9-5-4-8-12(13)20-15(22)14(21)19-10-11-6-2-1-3-7-11/h1-2,4-5,8-9,11,16H,3,6-7,10H2,(H,19,21)(H,20,22). The number of halogens is 2. The van der Waals surface area contributed by atoms with Crippen LogP contribution in [-0.2, 0) is 19.4 Å². The summed E-state index contributed by atoms with van der Waals surface area (Å²) >= 11 is 0. The predicted molar refractivity (Wildman–Crippen MR) is 87.8 cm³/mol. The van der Waals surface area contributed by atoms with Crippen LogP contribution in [0.15, 0.2) is 41.3 Å². The molecule has 6 nitrogen and oxygen atoms in total. The second-order valence-electron chi connectivity index (χ2n) is 5.62. The maximum Gasteiger partial charge on any atom is 0.341 e. The molecule has 136 valence electrons. The van der Waals surface area contributed by atoms with E-state index in [9.17, 15) is 26.8 Å². The van der Waals surface area contributed by atoms with Crippen molar-refractivity contribution in [3.8, 4) is 0 Å². The molecule has 0 spiro atoms. The summed E-state index contributed by atoms with van der Waals surface area (Å²) in [5.74, 6) is -5.45. The number of carbonyl (C=O) groups excluding carboxylic acids is 2. The molecular weight excluding hydrogens is 354 g/mol. The number of anilines is 1. The number of hydrogen-bond acceptors (Lipinski definition) is 4. The Balaban J connectivity index is 2.03. The van der Waals surface area contributed by atoms with Gasteiger partial charge in [0.15, 0.2) is 0 Å². The fraction of sp³-hybridized carbons (Fsp3) is 0.375. The Kier molecular flexibility index (Phi) is 6.24. The minimum atomic E-state index is -4.90. The fourth-order valence-electron chi connectivity index (χ4n) is 2.45. The van der Waals surface area contributed by atoms with Crippen molar-refractivity contribution in [2.45, 2.75) is 29.9 Å². The molecule has 9 heteroatoms. The topological polar surface area (TPSA) is 92.3 Å². The Hall–Kier alpha value is -2.29. The molecule has 1 unspecified atom stereocenters. The summed E-state index contributed by atoms with van der Waals surface area (Å²) in [6.07, 6.45) is 6.66. The number of para-hydroxylation sites is 1. The molecule has 0 aliphatic heterocycles. The van der Waals surface area contributed by atoms with Crippen LogP contribution < -0.4 is 10.6 Å². The zero-order valence-electron chi connectivity index (χ0n) is 13.2. The Morgan fingerprint density at radius 3 is 2.52 bits per heavy atom. The number of alkyl halides is 2. The Bertz CT molecular complexity index is 778. The lowest BCUT2D eigenvalue weighted by atomic mass is 9.94. The summed E-state index contributed by atoms with van der Waals surface area (Å²) in [5, 5.41) is 4.55. The van der Waals surface area contributed by atoms with E-state index in [-0.39, 0.29) is 11.6 Å². The fourth-order valence-corrected chi connectivity index (χ4v) is 3.34. The highest BCUT2D eigenvalue weighted by atomic mass is 32.2. The number of allylic oxidation sites excluding steroid dienone is 2. The van der Waals surface area contributed by atoms with Gasteiger partial charge >= 0.3 is 17.6 Å². The predicted octanol–water partition coefficient (Wildman–Crippen LogP) is 2.09. The summed E-state index contributed by atoms with van der Waals surface area (Å²) in [6, 6.07) is 4.71. The Labute approximate surface area is 144 Å². The third-order valence-corrected chi connectivity index (χ3v) is 5.25. The highest BCUT2D eigenvalue weighted by Crippen LogP contribution is 2.26. The molecule has 0 radical (unpaired) electrons. The van der Waals surface area contributed by atoms with Crippen molar-refractivity contribution >= 4 is 27.3 Å². The van der Waals surface area contributed by atoms with Crippen LogP contribution >= 0.6 is 0 Å². The smallest absolute Gasteiger partial charge is 0.341 e. The van der Waals surface area contributed by atoms with Crippen molar-refractivity contribution < 1.29 is 26.8 Å². The van der Waals surface area contributed by atoms with Gasteiger partial charge in [-0.2, -0.15) is 8.78 Å². The van der Waals surface area contributed by atoms with E-state index in [4.69, 9.17) is 0 Å². The largest absolute Gasteiger partial charge is 0.348 e. The number of nitrogens with one attached hydrogen (secondary N) is 2. The summed E-state index contributed by atoms with van der Waals surface area (Å²) in [4.78, 5) is 23.0. The van der Waals surface area contributed by atoms with E-state index in [0.717, 1.165) is 31.4 Å². The SMILES string of the molecule is O=C(NCC1CC=CCC1)C(=O)Nc1ccccc1S(=O)(=O)C(F)F. The van der Waals surface area contributed by atoms with Gasteiger partial charge in [-0.15, -0.1) is 0 Å². The van der Waals surface area contributed by atoms with Crippen LogP contribution in [0.25, 0.3) is 0 Å². The van der Waals surface area contributed by atoms with Gasteiger partial charge in [0.2, 0.25) is 9.84 Å². The monoisotopic (exact) mass is 372 g/mol. The van der Waals surface area contributed by atoms with Crippen LogP contribution in [0.1, 0.15) is 19.3 Å². The number of amides is 2. The molecule has 0 fully saturated rings. The highest BCUT2D eigenvalue weighted by Gasteiger charge is 2.30. The molecule has 2 N–H and O–H groups in total. The van der Waals surface area contributed by atoms with Gasteiger partial charge < -0.3 is 10.6 Å². The van der Waals surface area contributed by atoms with E-state index >= 15 is 0 Å². The van der Waals surface area contributed by atoms with E-state index in [1.807, 2.05) is 12.2 Å². The maximum absolute atomic E-state index is 12.7. The van der Waals surface area contributed by atoms with E-state index in [1.165, 1.54) is 12.1 Å². The van der Waals surface area contributed by atoms with E-state index in [1.54, 1.807) is 0 Å². The number of benzene rings is 1. The zero-order chi connectivity index (χ0) is 18.4. The molecule has 2 rings (SSSR count). The first kappa shape index (κ1) is 19.0. The van der Waals surface area contributed by atoms with Crippen LogP contribution in [0.5, 0.6) is 0 Å². The lowest BCUT2D eigenvalue weighted by Crippen LogP contribution is -2.38. The Morgan fingerprint density at radius 2 is 1.88 bits per heavy atom. The molecule has 0 saturated heterocycles. The molecule has 1 aromatic carbocycles. The maximum atomic E-state index is 12.7. The van der Waals surface area contributed by atoms with E-state index in [0.29, 0.717) is 6.54 Å². The van der Waals surface area contributed by atoms with Crippen molar-refractivity contribution in [2.24, 2.45) is 5.92 Å². The number of rotatable bonds is 5. The molecule has 0 bridgehead atoms. The van der Waals surface area contributed by atoms with Crippen molar-refractivity contribution in [1.29, 1.82) is 0 Å². The quantitative estimate of drug-likeness (QED) is 0.612. The van der Waals surface area contributed by atoms with E-state index < -0.39 is 32.3 Å².